The van der Waals surface area contributed by atoms with Gasteiger partial charge in [0.1, 0.15) is 23.4 Å². The summed E-state index contributed by atoms with van der Waals surface area (Å²) < 4.78 is 0. The second kappa shape index (κ2) is 5.93. The molecule has 2 aromatic carbocycles. The third-order valence-corrected chi connectivity index (χ3v) is 3.24. The van der Waals surface area contributed by atoms with E-state index >= 15 is 0 Å². The quantitative estimate of drug-likeness (QED) is 0.320. The first-order valence-electron chi connectivity index (χ1n) is 6.41. The number of phenolic OH excluding ortho intramolecular Hbond substituents is 6. The lowest BCUT2D eigenvalue weighted by molar-refractivity contribution is 0.0745. The molecular formula is C15H14O8. The smallest absolute Gasteiger partial charge is 0.200 e. The molecule has 0 aliphatic heterocycles. The lowest BCUT2D eigenvalue weighted by atomic mass is 9.98. The molecular weight excluding hydrogens is 308 g/mol. The highest BCUT2D eigenvalue weighted by atomic mass is 16.3. The summed E-state index contributed by atoms with van der Waals surface area (Å²) in [7, 11) is 0. The number of ketones is 1. The zero-order chi connectivity index (χ0) is 17.3. The lowest BCUT2D eigenvalue weighted by Gasteiger charge is -2.13. The van der Waals surface area contributed by atoms with Crippen molar-refractivity contribution in [3.05, 3.63) is 35.4 Å². The average molecular weight is 322 g/mol. The van der Waals surface area contributed by atoms with Crippen molar-refractivity contribution in [3.8, 4) is 34.5 Å². The number of hydrogen-bond donors (Lipinski definition) is 7. The van der Waals surface area contributed by atoms with Gasteiger partial charge in [-0.3, -0.25) is 4.79 Å². The summed E-state index contributed by atoms with van der Waals surface area (Å²) in [6.07, 6.45) is -2.18. The molecule has 2 rings (SSSR count). The Balaban J connectivity index is 2.28. The van der Waals surface area contributed by atoms with Crippen molar-refractivity contribution >= 4 is 5.78 Å². The largest absolute Gasteiger partial charge is 0.508 e. The molecule has 8 heteroatoms. The van der Waals surface area contributed by atoms with E-state index in [1.54, 1.807) is 0 Å². The number of hydrogen-bond acceptors (Lipinski definition) is 8. The molecule has 0 amide bonds. The molecule has 1 atom stereocenters. The summed E-state index contributed by atoms with van der Waals surface area (Å²) in [5.74, 6) is -4.60. The first-order chi connectivity index (χ1) is 10.7. The highest BCUT2D eigenvalue weighted by Crippen LogP contribution is 2.36. The lowest BCUT2D eigenvalue weighted by Crippen LogP contribution is -2.23. The summed E-state index contributed by atoms with van der Waals surface area (Å²) in [6.45, 7) is 0. The van der Waals surface area contributed by atoms with Gasteiger partial charge in [-0.2, -0.15) is 0 Å². The van der Waals surface area contributed by atoms with E-state index in [0.717, 1.165) is 24.3 Å². The molecule has 0 radical (unpaired) electrons. The normalized spacial score (nSPS) is 12.0. The Morgan fingerprint density at radius 3 is 1.78 bits per heavy atom. The fourth-order valence-electron chi connectivity index (χ4n) is 2.06. The number of aromatic hydroxyl groups is 6. The molecule has 0 aliphatic carbocycles. The molecule has 0 spiro atoms. The van der Waals surface area contributed by atoms with Crippen LogP contribution in [-0.2, 0) is 6.42 Å². The Morgan fingerprint density at radius 1 is 0.826 bits per heavy atom. The van der Waals surface area contributed by atoms with Crippen molar-refractivity contribution in [2.75, 3.05) is 0 Å². The standard InChI is InChI=1S/C15H14O8/c16-7-3-9(17)8(10(18)4-7)5-13(21)14(22)6-1-11(19)15(23)12(20)2-6/h1-4,13,16-21,23H,5H2/t13-/m1/s1. The zero-order valence-corrected chi connectivity index (χ0v) is 11.6. The van der Waals surface area contributed by atoms with Crippen LogP contribution in [0.4, 0.5) is 0 Å². The van der Waals surface area contributed by atoms with Crippen LogP contribution in [0.5, 0.6) is 34.5 Å². The summed E-state index contributed by atoms with van der Waals surface area (Å²) in [6, 6.07) is 3.59. The molecule has 7 N–H and O–H groups in total. The van der Waals surface area contributed by atoms with Gasteiger partial charge in [0, 0.05) is 29.7 Å². The number of aliphatic hydroxyl groups excluding tert-OH is 1. The third kappa shape index (κ3) is 3.22. The fourth-order valence-corrected chi connectivity index (χ4v) is 2.06. The van der Waals surface area contributed by atoms with Gasteiger partial charge in [0.2, 0.25) is 0 Å². The zero-order valence-electron chi connectivity index (χ0n) is 11.6. The van der Waals surface area contributed by atoms with Crippen LogP contribution in [0.1, 0.15) is 15.9 Å². The van der Waals surface area contributed by atoms with Gasteiger partial charge in [0.25, 0.3) is 0 Å². The Hall–Kier alpha value is -3.13. The Morgan fingerprint density at radius 2 is 1.30 bits per heavy atom. The molecule has 8 nitrogen and oxygen atoms in total. The van der Waals surface area contributed by atoms with E-state index in [-0.39, 0.29) is 11.1 Å². The molecule has 0 bridgehead atoms. The minimum atomic E-state index is -1.71. The van der Waals surface area contributed by atoms with Gasteiger partial charge in [-0.25, -0.2) is 0 Å². The van der Waals surface area contributed by atoms with Crippen molar-refractivity contribution in [2.24, 2.45) is 0 Å². The Labute approximate surface area is 129 Å². The van der Waals surface area contributed by atoms with Gasteiger partial charge in [-0.1, -0.05) is 0 Å². The van der Waals surface area contributed by atoms with Gasteiger partial charge in [0.05, 0.1) is 0 Å². The van der Waals surface area contributed by atoms with Gasteiger partial charge in [-0.05, 0) is 12.1 Å². The number of benzene rings is 2. The van der Waals surface area contributed by atoms with E-state index in [1.807, 2.05) is 0 Å². The molecule has 0 fully saturated rings. The highest BCUT2D eigenvalue weighted by Gasteiger charge is 2.23. The molecule has 23 heavy (non-hydrogen) atoms. The van der Waals surface area contributed by atoms with Crippen LogP contribution >= 0.6 is 0 Å². The summed E-state index contributed by atoms with van der Waals surface area (Å²) >= 11 is 0. The van der Waals surface area contributed by atoms with Crippen molar-refractivity contribution in [3.63, 3.8) is 0 Å². The molecule has 0 aromatic heterocycles. The maximum absolute atomic E-state index is 12.1. The van der Waals surface area contributed by atoms with Gasteiger partial charge in [0.15, 0.2) is 23.0 Å². The topological polar surface area (TPSA) is 159 Å². The van der Waals surface area contributed by atoms with Crippen molar-refractivity contribution in [1.82, 2.24) is 0 Å². The first-order valence-corrected chi connectivity index (χ1v) is 6.41. The van der Waals surface area contributed by atoms with E-state index in [9.17, 15) is 40.5 Å². The van der Waals surface area contributed by atoms with Gasteiger partial charge >= 0.3 is 0 Å². The minimum absolute atomic E-state index is 0.157. The van der Waals surface area contributed by atoms with Crippen LogP contribution in [-0.4, -0.2) is 47.6 Å². The minimum Gasteiger partial charge on any atom is -0.508 e. The predicted molar refractivity (Wildman–Crippen MR) is 76.9 cm³/mol. The average Bonchev–Trinajstić information content (AvgIpc) is 2.46. The van der Waals surface area contributed by atoms with Crippen molar-refractivity contribution in [2.45, 2.75) is 12.5 Å². The molecule has 0 saturated heterocycles. The number of carbonyl (C=O) groups is 1. The number of rotatable bonds is 4. The second-order valence-corrected chi connectivity index (χ2v) is 4.91. The fraction of sp³-hybridized carbons (Fsp3) is 0.133. The monoisotopic (exact) mass is 322 g/mol. The second-order valence-electron chi connectivity index (χ2n) is 4.91. The number of Topliss-reactive ketones (excluding diaryl/α,β-unsaturated/α-hetero) is 1. The Kier molecular flexibility index (Phi) is 4.19. The third-order valence-electron chi connectivity index (χ3n) is 3.24. The number of carbonyl (C=O) groups excluding carboxylic acids is 1. The molecule has 0 unspecified atom stereocenters. The SMILES string of the molecule is O=C(c1cc(O)c(O)c(O)c1)[C@H](O)Cc1c(O)cc(O)cc1O. The van der Waals surface area contributed by atoms with Crippen LogP contribution in [0.15, 0.2) is 24.3 Å². The van der Waals surface area contributed by atoms with Crippen LogP contribution in [0.3, 0.4) is 0 Å². The van der Waals surface area contributed by atoms with Crippen LogP contribution in [0.25, 0.3) is 0 Å². The summed E-state index contributed by atoms with van der Waals surface area (Å²) in [5, 5.41) is 66.4. The van der Waals surface area contributed by atoms with Crippen molar-refractivity contribution in [1.29, 1.82) is 0 Å². The number of aliphatic hydroxyl groups is 1. The van der Waals surface area contributed by atoms with E-state index in [4.69, 9.17) is 0 Å². The Bertz CT molecular complexity index is 722. The van der Waals surface area contributed by atoms with Crippen LogP contribution in [0.2, 0.25) is 0 Å². The van der Waals surface area contributed by atoms with E-state index in [2.05, 4.69) is 0 Å². The molecule has 122 valence electrons. The summed E-state index contributed by atoms with van der Waals surface area (Å²) in [4.78, 5) is 12.1. The molecule has 0 saturated carbocycles. The van der Waals surface area contributed by atoms with Crippen molar-refractivity contribution < 1.29 is 40.5 Å². The molecule has 0 aliphatic rings. The first kappa shape index (κ1) is 16.2. The number of phenols is 6. The predicted octanol–water partition coefficient (Wildman–Crippen LogP) is 0.706. The maximum atomic E-state index is 12.1. The summed E-state index contributed by atoms with van der Waals surface area (Å²) in [5.41, 5.74) is -0.432. The molecule has 0 heterocycles. The van der Waals surface area contributed by atoms with E-state index in [1.165, 1.54) is 0 Å². The van der Waals surface area contributed by atoms with E-state index < -0.39 is 52.8 Å². The van der Waals surface area contributed by atoms with Gasteiger partial charge < -0.3 is 35.7 Å². The van der Waals surface area contributed by atoms with Gasteiger partial charge in [-0.15, -0.1) is 0 Å². The van der Waals surface area contributed by atoms with E-state index in [0.29, 0.717) is 0 Å². The maximum Gasteiger partial charge on any atom is 0.200 e. The molecule has 2 aromatic rings. The van der Waals surface area contributed by atoms with Crippen LogP contribution < -0.4 is 0 Å². The van der Waals surface area contributed by atoms with Crippen LogP contribution in [0, 0.1) is 0 Å². The highest BCUT2D eigenvalue weighted by molar-refractivity contribution is 6.00.